The van der Waals surface area contributed by atoms with E-state index in [0.29, 0.717) is 12.2 Å². The average Bonchev–Trinajstić information content (AvgIpc) is 2.82. The van der Waals surface area contributed by atoms with Gasteiger partial charge in [0.05, 0.1) is 5.92 Å². The van der Waals surface area contributed by atoms with Crippen LogP contribution >= 0.6 is 15.9 Å². The second-order valence-corrected chi connectivity index (χ2v) is 4.12. The van der Waals surface area contributed by atoms with Crippen molar-refractivity contribution in [3.63, 3.8) is 0 Å². The number of carbonyl (C=O) groups excluding carboxylic acids is 1. The van der Waals surface area contributed by atoms with Gasteiger partial charge in [0.25, 0.3) is 0 Å². The molecule has 0 aliphatic heterocycles. The summed E-state index contributed by atoms with van der Waals surface area (Å²) in [6.07, 6.45) is 0.932. The van der Waals surface area contributed by atoms with E-state index in [4.69, 9.17) is 0 Å². The molecule has 14 heavy (non-hydrogen) atoms. The standard InChI is InChI=1S/C9H8BrFN2O/c10-5-1-2-12-8(3-5)13-9(14)6-4-7(6)11/h1-3,6-7H,4H2,(H,12,13,14)/t6-,7+/m0/s1. The van der Waals surface area contributed by atoms with Gasteiger partial charge in [0.1, 0.15) is 12.0 Å². The van der Waals surface area contributed by atoms with Gasteiger partial charge < -0.3 is 5.32 Å². The van der Waals surface area contributed by atoms with E-state index in [-0.39, 0.29) is 5.91 Å². The molecule has 1 aromatic rings. The Kier molecular flexibility index (Phi) is 2.50. The summed E-state index contributed by atoms with van der Waals surface area (Å²) in [6.45, 7) is 0. The second kappa shape index (κ2) is 3.65. The second-order valence-electron chi connectivity index (χ2n) is 3.21. The summed E-state index contributed by atoms with van der Waals surface area (Å²) < 4.78 is 13.3. The lowest BCUT2D eigenvalue weighted by molar-refractivity contribution is -0.117. The van der Waals surface area contributed by atoms with Crippen molar-refractivity contribution >= 4 is 27.7 Å². The number of nitrogens with one attached hydrogen (secondary N) is 1. The van der Waals surface area contributed by atoms with Gasteiger partial charge in [-0.1, -0.05) is 15.9 Å². The molecule has 0 spiro atoms. The Morgan fingerprint density at radius 1 is 1.71 bits per heavy atom. The minimum atomic E-state index is -0.970. The molecule has 1 saturated carbocycles. The molecular weight excluding hydrogens is 251 g/mol. The minimum absolute atomic E-state index is 0.289. The van der Waals surface area contributed by atoms with Crippen molar-refractivity contribution in [3.05, 3.63) is 22.8 Å². The van der Waals surface area contributed by atoms with Crippen molar-refractivity contribution < 1.29 is 9.18 Å². The average molecular weight is 259 g/mol. The van der Waals surface area contributed by atoms with Crippen LogP contribution in [0.4, 0.5) is 10.2 Å². The Hall–Kier alpha value is -0.970. The fourth-order valence-corrected chi connectivity index (χ4v) is 1.46. The molecular formula is C9H8BrFN2O. The molecule has 2 atom stereocenters. The van der Waals surface area contributed by atoms with Crippen LogP contribution in [-0.2, 0) is 4.79 Å². The van der Waals surface area contributed by atoms with Crippen molar-refractivity contribution in [2.75, 3.05) is 5.32 Å². The quantitative estimate of drug-likeness (QED) is 0.884. The Morgan fingerprint density at radius 3 is 3.00 bits per heavy atom. The number of rotatable bonds is 2. The molecule has 1 N–H and O–H groups in total. The summed E-state index contributed by atoms with van der Waals surface area (Å²) in [5, 5.41) is 2.56. The number of halogens is 2. The monoisotopic (exact) mass is 258 g/mol. The van der Waals surface area contributed by atoms with E-state index >= 15 is 0 Å². The molecule has 3 nitrogen and oxygen atoms in total. The van der Waals surface area contributed by atoms with Crippen LogP contribution in [0, 0.1) is 5.92 Å². The number of hydrogen-bond donors (Lipinski definition) is 1. The lowest BCUT2D eigenvalue weighted by Crippen LogP contribution is -2.15. The van der Waals surface area contributed by atoms with Crippen LogP contribution in [-0.4, -0.2) is 17.1 Å². The van der Waals surface area contributed by atoms with Gasteiger partial charge in [-0.25, -0.2) is 9.37 Å². The molecule has 1 amide bonds. The zero-order valence-corrected chi connectivity index (χ0v) is 8.79. The first-order chi connectivity index (χ1) is 6.66. The van der Waals surface area contributed by atoms with E-state index in [1.807, 2.05) is 0 Å². The number of pyridine rings is 1. The maximum Gasteiger partial charge on any atom is 0.231 e. The maximum absolute atomic E-state index is 12.5. The van der Waals surface area contributed by atoms with E-state index in [1.165, 1.54) is 0 Å². The van der Waals surface area contributed by atoms with Crippen LogP contribution in [0.5, 0.6) is 0 Å². The highest BCUT2D eigenvalue weighted by atomic mass is 79.9. The van der Waals surface area contributed by atoms with Crippen LogP contribution in [0.25, 0.3) is 0 Å². The topological polar surface area (TPSA) is 42.0 Å². The van der Waals surface area contributed by atoms with Crippen LogP contribution < -0.4 is 5.32 Å². The third-order valence-electron chi connectivity index (χ3n) is 2.02. The maximum atomic E-state index is 12.5. The normalized spacial score (nSPS) is 24.4. The number of anilines is 1. The van der Waals surface area contributed by atoms with Gasteiger partial charge in [-0.2, -0.15) is 0 Å². The fraction of sp³-hybridized carbons (Fsp3) is 0.333. The SMILES string of the molecule is O=C(Nc1cc(Br)ccn1)[C@H]1C[C@H]1F. The number of carbonyl (C=O) groups is 1. The molecule has 0 unspecified atom stereocenters. The van der Waals surface area contributed by atoms with E-state index in [2.05, 4.69) is 26.2 Å². The number of amides is 1. The summed E-state index contributed by atoms with van der Waals surface area (Å²) >= 11 is 3.25. The predicted molar refractivity (Wildman–Crippen MR) is 53.6 cm³/mol. The van der Waals surface area contributed by atoms with Gasteiger partial charge in [-0.3, -0.25) is 4.79 Å². The van der Waals surface area contributed by atoms with Crippen LogP contribution in [0.15, 0.2) is 22.8 Å². The molecule has 1 aliphatic rings. The molecule has 0 saturated heterocycles. The number of aromatic nitrogens is 1. The highest BCUT2D eigenvalue weighted by Crippen LogP contribution is 2.34. The Morgan fingerprint density at radius 2 is 2.43 bits per heavy atom. The van der Waals surface area contributed by atoms with E-state index in [0.717, 1.165) is 4.47 Å². The van der Waals surface area contributed by atoms with E-state index in [1.54, 1.807) is 18.3 Å². The summed E-state index contributed by atoms with van der Waals surface area (Å²) in [4.78, 5) is 15.2. The van der Waals surface area contributed by atoms with Crippen LogP contribution in [0.1, 0.15) is 6.42 Å². The smallest absolute Gasteiger partial charge is 0.231 e. The zero-order valence-electron chi connectivity index (χ0n) is 7.21. The Labute approximate surface area is 88.8 Å². The molecule has 0 radical (unpaired) electrons. The van der Waals surface area contributed by atoms with Crippen LogP contribution in [0.2, 0.25) is 0 Å². The van der Waals surface area contributed by atoms with E-state index < -0.39 is 12.1 Å². The number of hydrogen-bond acceptors (Lipinski definition) is 2. The lowest BCUT2D eigenvalue weighted by Gasteiger charge is -2.02. The largest absolute Gasteiger partial charge is 0.310 e. The lowest BCUT2D eigenvalue weighted by atomic mass is 10.4. The fourth-order valence-electron chi connectivity index (χ4n) is 1.13. The number of alkyl halides is 1. The zero-order chi connectivity index (χ0) is 10.1. The highest BCUT2D eigenvalue weighted by molar-refractivity contribution is 9.10. The third-order valence-corrected chi connectivity index (χ3v) is 2.52. The Bertz CT molecular complexity index is 372. The van der Waals surface area contributed by atoms with Gasteiger partial charge >= 0.3 is 0 Å². The van der Waals surface area contributed by atoms with Crippen molar-refractivity contribution in [2.24, 2.45) is 5.92 Å². The first-order valence-corrected chi connectivity index (χ1v) is 5.02. The van der Waals surface area contributed by atoms with Crippen LogP contribution in [0.3, 0.4) is 0 Å². The van der Waals surface area contributed by atoms with E-state index in [9.17, 15) is 9.18 Å². The van der Waals surface area contributed by atoms with Gasteiger partial charge in [0.15, 0.2) is 0 Å². The summed E-state index contributed by atoms with van der Waals surface area (Å²) in [5.74, 6) is -0.317. The van der Waals surface area contributed by atoms with Crippen molar-refractivity contribution in [3.8, 4) is 0 Å². The van der Waals surface area contributed by atoms with Crippen molar-refractivity contribution in [1.82, 2.24) is 4.98 Å². The Balaban J connectivity index is 2.00. The van der Waals surface area contributed by atoms with Gasteiger partial charge in [-0.05, 0) is 18.6 Å². The van der Waals surface area contributed by atoms with Crippen molar-refractivity contribution in [1.29, 1.82) is 0 Å². The van der Waals surface area contributed by atoms with Crippen molar-refractivity contribution in [2.45, 2.75) is 12.6 Å². The molecule has 74 valence electrons. The molecule has 0 bridgehead atoms. The number of nitrogens with zero attached hydrogens (tertiary/aromatic N) is 1. The predicted octanol–water partition coefficient (Wildman–Crippen LogP) is 2.14. The summed E-state index contributed by atoms with van der Waals surface area (Å²) in [6, 6.07) is 3.43. The molecule has 1 heterocycles. The first-order valence-electron chi connectivity index (χ1n) is 4.23. The molecule has 1 aromatic heterocycles. The van der Waals surface area contributed by atoms with Gasteiger partial charge in [-0.15, -0.1) is 0 Å². The summed E-state index contributed by atoms with van der Waals surface area (Å²) in [5.41, 5.74) is 0. The molecule has 1 fully saturated rings. The molecule has 5 heteroatoms. The minimum Gasteiger partial charge on any atom is -0.310 e. The molecule has 0 aromatic carbocycles. The summed E-state index contributed by atoms with van der Waals surface area (Å²) in [7, 11) is 0. The molecule has 2 rings (SSSR count). The highest BCUT2D eigenvalue weighted by Gasteiger charge is 2.43. The van der Waals surface area contributed by atoms with Gasteiger partial charge in [0.2, 0.25) is 5.91 Å². The van der Waals surface area contributed by atoms with Gasteiger partial charge in [0, 0.05) is 10.7 Å². The first kappa shape index (κ1) is 9.58. The third kappa shape index (κ3) is 2.09. The molecule has 1 aliphatic carbocycles.